The summed E-state index contributed by atoms with van der Waals surface area (Å²) in [5.74, 6) is -1.58. The molecule has 0 aliphatic carbocycles. The van der Waals surface area contributed by atoms with E-state index >= 15 is 0 Å². The van der Waals surface area contributed by atoms with E-state index in [1.165, 1.54) is 23.1 Å². The minimum atomic E-state index is -0.949. The average molecular weight is 813 g/mol. The normalized spacial score (nSPS) is 15.9. The van der Waals surface area contributed by atoms with Crippen LogP contribution in [0.25, 0.3) is 16.8 Å². The summed E-state index contributed by atoms with van der Waals surface area (Å²) in [6.45, 7) is 4.70. The number of fused-ring (bicyclic) bond motifs is 3. The molecule has 0 aromatic heterocycles. The maximum Gasteiger partial charge on any atom is 0.253 e. The summed E-state index contributed by atoms with van der Waals surface area (Å²) in [4.78, 5) is 81.0. The molecule has 0 bridgehead atoms. The molecule has 0 spiro atoms. The van der Waals surface area contributed by atoms with Gasteiger partial charge in [-0.05, 0) is 85.4 Å². The Morgan fingerprint density at radius 2 is 1.62 bits per heavy atom. The molecule has 3 atom stereocenters. The van der Waals surface area contributed by atoms with Gasteiger partial charge in [-0.3, -0.25) is 33.7 Å². The minimum absolute atomic E-state index is 0.139. The summed E-state index contributed by atoms with van der Waals surface area (Å²) in [5, 5.41) is 10.4. The Morgan fingerprint density at radius 3 is 2.28 bits per heavy atom. The minimum Gasteiger partial charge on any atom is -0.497 e. The summed E-state index contributed by atoms with van der Waals surface area (Å²) in [6, 6.07) is 14.9. The maximum atomic E-state index is 14.2. The molecular formula is C44H53ClN6O7. The van der Waals surface area contributed by atoms with Crippen molar-refractivity contribution in [1.82, 2.24) is 15.5 Å². The van der Waals surface area contributed by atoms with Crippen LogP contribution in [0.1, 0.15) is 75.8 Å². The molecular weight excluding hydrogens is 760 g/mol. The highest BCUT2D eigenvalue weighted by molar-refractivity contribution is 6.19. The number of carbonyl (C=O) groups excluding carboxylic acids is 6. The summed E-state index contributed by atoms with van der Waals surface area (Å²) in [6.07, 6.45) is 9.10. The number of hydrogen-bond donors (Lipinski definition) is 4. The number of hydrogen-bond acceptors (Lipinski definition) is 8. The van der Waals surface area contributed by atoms with Crippen LogP contribution in [0, 0.1) is 5.92 Å². The highest BCUT2D eigenvalue weighted by atomic mass is 35.5. The number of ether oxygens (including phenoxy) is 1. The van der Waals surface area contributed by atoms with Gasteiger partial charge in [-0.2, -0.15) is 0 Å². The van der Waals surface area contributed by atoms with E-state index < -0.39 is 23.9 Å². The van der Waals surface area contributed by atoms with E-state index in [0.717, 1.165) is 21.9 Å². The van der Waals surface area contributed by atoms with Crippen molar-refractivity contribution in [2.75, 3.05) is 42.8 Å². The molecule has 2 heterocycles. The first-order valence-electron chi connectivity index (χ1n) is 19.8. The van der Waals surface area contributed by atoms with Crippen LogP contribution in [0.15, 0.2) is 72.8 Å². The SMILES string of the molecule is COc1ccc(/C=C/C(=O)N2CC(CCl)c3c2cc(NC(=O)[C@H](CCCCN)NC(=O)[C@@H](NC(=O)CCCCCN2C(=O)C=CC2=O)C(C)C)c2ccccc32)cc1. The van der Waals surface area contributed by atoms with Crippen LogP contribution in [-0.4, -0.2) is 85.1 Å². The predicted octanol–water partition coefficient (Wildman–Crippen LogP) is 5.41. The summed E-state index contributed by atoms with van der Waals surface area (Å²) >= 11 is 6.49. The second-order valence-corrected chi connectivity index (χ2v) is 15.2. The van der Waals surface area contributed by atoms with Crippen molar-refractivity contribution < 1.29 is 33.5 Å². The summed E-state index contributed by atoms with van der Waals surface area (Å²) in [5.41, 5.74) is 8.66. The van der Waals surface area contributed by atoms with Crippen molar-refractivity contribution >= 4 is 75.3 Å². The number of rotatable bonds is 20. The lowest BCUT2D eigenvalue weighted by molar-refractivity contribution is -0.137. The van der Waals surface area contributed by atoms with Gasteiger partial charge in [-0.25, -0.2) is 0 Å². The van der Waals surface area contributed by atoms with E-state index in [0.29, 0.717) is 74.6 Å². The number of anilines is 2. The molecule has 58 heavy (non-hydrogen) atoms. The van der Waals surface area contributed by atoms with Crippen molar-refractivity contribution in [1.29, 1.82) is 0 Å². The summed E-state index contributed by atoms with van der Waals surface area (Å²) in [7, 11) is 1.59. The van der Waals surface area contributed by atoms with Gasteiger partial charge in [0.25, 0.3) is 17.7 Å². The van der Waals surface area contributed by atoms with Crippen molar-refractivity contribution in [3.8, 4) is 5.75 Å². The molecule has 6 amide bonds. The number of benzene rings is 3. The zero-order valence-electron chi connectivity index (χ0n) is 33.3. The largest absolute Gasteiger partial charge is 0.497 e. The Labute approximate surface area is 344 Å². The number of unbranched alkanes of at least 4 members (excludes halogenated alkanes) is 3. The Bertz CT molecular complexity index is 2030. The molecule has 5 N–H and O–H groups in total. The zero-order valence-corrected chi connectivity index (χ0v) is 34.1. The first kappa shape index (κ1) is 43.6. The monoisotopic (exact) mass is 812 g/mol. The lowest BCUT2D eigenvalue weighted by Crippen LogP contribution is -2.54. The molecule has 308 valence electrons. The third-order valence-corrected chi connectivity index (χ3v) is 10.8. The van der Waals surface area contributed by atoms with Gasteiger partial charge < -0.3 is 31.3 Å². The molecule has 3 aromatic rings. The fraction of sp³-hybridized carbons (Fsp3) is 0.409. The van der Waals surface area contributed by atoms with Gasteiger partial charge in [0, 0.05) is 54.9 Å². The number of carbonyl (C=O) groups is 6. The van der Waals surface area contributed by atoms with Crippen LogP contribution in [0.4, 0.5) is 11.4 Å². The van der Waals surface area contributed by atoms with E-state index in [1.807, 2.05) is 62.4 Å². The van der Waals surface area contributed by atoms with Gasteiger partial charge in [-0.15, -0.1) is 11.6 Å². The van der Waals surface area contributed by atoms with E-state index in [1.54, 1.807) is 24.2 Å². The number of methoxy groups -OCH3 is 1. The molecule has 5 rings (SSSR count). The lowest BCUT2D eigenvalue weighted by Gasteiger charge is -2.26. The van der Waals surface area contributed by atoms with Gasteiger partial charge >= 0.3 is 0 Å². The number of nitrogens with two attached hydrogens (primary N) is 1. The fourth-order valence-corrected chi connectivity index (χ4v) is 7.52. The van der Waals surface area contributed by atoms with Gasteiger partial charge in [0.15, 0.2) is 0 Å². The molecule has 0 fully saturated rings. The zero-order chi connectivity index (χ0) is 41.8. The number of alkyl halides is 1. The molecule has 0 radical (unpaired) electrons. The molecule has 0 saturated heterocycles. The van der Waals surface area contributed by atoms with Crippen LogP contribution < -0.4 is 31.3 Å². The second-order valence-electron chi connectivity index (χ2n) is 14.9. The number of halogens is 1. The fourth-order valence-electron chi connectivity index (χ4n) is 7.26. The van der Waals surface area contributed by atoms with Crippen molar-refractivity contribution in [2.24, 2.45) is 11.7 Å². The number of imide groups is 1. The second kappa shape index (κ2) is 20.8. The average Bonchev–Trinajstić information content (AvgIpc) is 3.76. The molecule has 0 saturated carbocycles. The Hall–Kier alpha value is -5.53. The number of nitrogens with one attached hydrogen (secondary N) is 3. The van der Waals surface area contributed by atoms with E-state index in [-0.39, 0.29) is 48.4 Å². The van der Waals surface area contributed by atoms with Gasteiger partial charge in [0.05, 0.1) is 18.5 Å². The van der Waals surface area contributed by atoms with Crippen LogP contribution in [0.2, 0.25) is 0 Å². The van der Waals surface area contributed by atoms with E-state index in [2.05, 4.69) is 16.0 Å². The molecule has 14 heteroatoms. The number of amides is 6. The highest BCUT2D eigenvalue weighted by Crippen LogP contribution is 2.45. The predicted molar refractivity (Wildman–Crippen MR) is 226 cm³/mol. The Kier molecular flexibility index (Phi) is 15.6. The van der Waals surface area contributed by atoms with Crippen molar-refractivity contribution in [2.45, 2.75) is 76.8 Å². The van der Waals surface area contributed by atoms with Crippen molar-refractivity contribution in [3.05, 3.63) is 84.0 Å². The third kappa shape index (κ3) is 10.9. The van der Waals surface area contributed by atoms with Crippen LogP contribution in [0.5, 0.6) is 5.75 Å². The quantitative estimate of drug-likeness (QED) is 0.0506. The standard InChI is InChI=1S/C44H53ClN6O7/c1-28(2)42(49-37(52)14-5-4-10-24-50-38(53)21-22-39(50)54)44(57)47-34(13-8-9-23-46)43(56)48-35-25-36-41(33-12-7-6-11-32(33)35)30(26-45)27-51(36)40(55)20-17-29-15-18-31(58-3)19-16-29/h6-7,11-12,15-22,25,28,30,34,42H,4-5,8-10,13-14,23-24,26-27,46H2,1-3H3,(H,47,57)(H,48,56)(H,49,52)/b20-17+/t30?,34-,42-/m0/s1. The van der Waals surface area contributed by atoms with Crippen LogP contribution in [-0.2, 0) is 28.8 Å². The van der Waals surface area contributed by atoms with Crippen LogP contribution >= 0.6 is 11.6 Å². The Balaban J connectivity index is 1.30. The van der Waals surface area contributed by atoms with Crippen molar-refractivity contribution in [3.63, 3.8) is 0 Å². The maximum absolute atomic E-state index is 14.2. The highest BCUT2D eigenvalue weighted by Gasteiger charge is 2.35. The van der Waals surface area contributed by atoms with E-state index in [4.69, 9.17) is 22.1 Å². The van der Waals surface area contributed by atoms with Crippen LogP contribution in [0.3, 0.4) is 0 Å². The smallest absolute Gasteiger partial charge is 0.253 e. The molecule has 2 aliphatic heterocycles. The Morgan fingerprint density at radius 1 is 0.914 bits per heavy atom. The topological polar surface area (TPSA) is 180 Å². The molecule has 2 aliphatic rings. The number of nitrogens with zero attached hydrogens (tertiary/aromatic N) is 2. The third-order valence-electron chi connectivity index (χ3n) is 10.4. The van der Waals surface area contributed by atoms with Gasteiger partial charge in [0.2, 0.25) is 17.7 Å². The first-order valence-corrected chi connectivity index (χ1v) is 20.4. The lowest BCUT2D eigenvalue weighted by atomic mass is 9.94. The van der Waals surface area contributed by atoms with Gasteiger partial charge in [-0.1, -0.05) is 56.7 Å². The molecule has 13 nitrogen and oxygen atoms in total. The first-order chi connectivity index (χ1) is 27.9. The molecule has 1 unspecified atom stereocenters. The van der Waals surface area contributed by atoms with Gasteiger partial charge in [0.1, 0.15) is 17.8 Å². The summed E-state index contributed by atoms with van der Waals surface area (Å²) < 4.78 is 5.24. The molecule has 3 aromatic carbocycles. The van der Waals surface area contributed by atoms with E-state index in [9.17, 15) is 28.8 Å².